The molecule has 0 heterocycles. The Kier molecular flexibility index (Phi) is 4.59. The van der Waals surface area contributed by atoms with E-state index in [-0.39, 0.29) is 5.24 Å². The third kappa shape index (κ3) is 3.79. The lowest BCUT2D eigenvalue weighted by Crippen LogP contribution is -2.33. The highest BCUT2D eigenvalue weighted by molar-refractivity contribution is 8.44. The van der Waals surface area contributed by atoms with Crippen molar-refractivity contribution in [3.63, 3.8) is 0 Å². The predicted molar refractivity (Wildman–Crippen MR) is 74.8 cm³/mol. The second kappa shape index (κ2) is 5.74. The second-order valence-electron chi connectivity index (χ2n) is 4.50. The Morgan fingerprint density at radius 2 is 1.88 bits per heavy atom. The molecule has 0 fully saturated rings. The molecule has 0 unspecified atom stereocenters. The number of hydrogen-bond donors (Lipinski definition) is 0. The minimum Gasteiger partial charge on any atom is -0.304 e. The lowest BCUT2D eigenvalue weighted by Gasteiger charge is -2.32. The molecule has 0 aliphatic rings. The number of hydrogen-bond acceptors (Lipinski definition) is 2. The van der Waals surface area contributed by atoms with Crippen LogP contribution in [0.1, 0.15) is 6.42 Å². The molecule has 0 aliphatic carbocycles. The maximum atomic E-state index is 12.3. The molecule has 0 saturated carbocycles. The Morgan fingerprint density at radius 1 is 1.29 bits per heavy atom. The summed E-state index contributed by atoms with van der Waals surface area (Å²) in [6.07, 6.45) is 6.27. The van der Waals surface area contributed by atoms with E-state index < -0.39 is 10.0 Å². The van der Waals surface area contributed by atoms with E-state index in [2.05, 4.69) is 6.07 Å². The highest BCUT2D eigenvalue weighted by Gasteiger charge is 2.23. The number of para-hydroxylation sites is 1. The van der Waals surface area contributed by atoms with Crippen LogP contribution >= 0.6 is 10.0 Å². The predicted octanol–water partition coefficient (Wildman–Crippen LogP) is 3.22. The van der Waals surface area contributed by atoms with Gasteiger partial charge < -0.3 is 4.90 Å². The Balaban J connectivity index is 2.97. The molecule has 0 N–H and O–H groups in total. The topological polar surface area (TPSA) is 44.1 Å². The lowest BCUT2D eigenvalue weighted by molar-refractivity contribution is 0.264. The third-order valence-electron chi connectivity index (χ3n) is 2.26. The fraction of sp³-hybridized carbons (Fsp3) is 0.385. The number of carbonyl (C=O) groups excluding carboxylic acids is 1. The molecule has 0 bridgehead atoms. The number of rotatable bonds is 3. The van der Waals surface area contributed by atoms with Crippen LogP contribution in [0.15, 0.2) is 30.3 Å². The maximum Gasteiger partial charge on any atom is 0.268 e. The molecule has 17 heavy (non-hydrogen) atoms. The maximum absolute atomic E-state index is 12.3. The first-order chi connectivity index (χ1) is 7.96. The summed E-state index contributed by atoms with van der Waals surface area (Å²) >= 11 is 0. The van der Waals surface area contributed by atoms with Crippen LogP contribution in [0, 0.1) is 11.3 Å². The van der Waals surface area contributed by atoms with Gasteiger partial charge in [-0.3, -0.25) is 4.79 Å². The van der Waals surface area contributed by atoms with Crippen molar-refractivity contribution in [2.75, 3.05) is 30.2 Å². The van der Waals surface area contributed by atoms with E-state index >= 15 is 0 Å². The van der Waals surface area contributed by atoms with Crippen LogP contribution in [-0.4, -0.2) is 30.6 Å². The number of nitriles is 1. The summed E-state index contributed by atoms with van der Waals surface area (Å²) in [6, 6.07) is 11.6. The van der Waals surface area contributed by atoms with Gasteiger partial charge in [0.05, 0.1) is 12.5 Å². The first kappa shape index (κ1) is 13.6. The van der Waals surface area contributed by atoms with Crippen molar-refractivity contribution in [2.24, 2.45) is 0 Å². The van der Waals surface area contributed by atoms with Gasteiger partial charge in [-0.2, -0.15) is 15.3 Å². The molecular formula is C13H18N2OS. The third-order valence-corrected chi connectivity index (χ3v) is 3.53. The summed E-state index contributed by atoms with van der Waals surface area (Å²) in [7, 11) is -1.30. The molecular weight excluding hydrogens is 232 g/mol. The van der Waals surface area contributed by atoms with Gasteiger partial charge in [0.25, 0.3) is 5.24 Å². The van der Waals surface area contributed by atoms with E-state index in [0.29, 0.717) is 13.0 Å². The molecule has 0 saturated heterocycles. The molecule has 1 amide bonds. The minimum absolute atomic E-state index is 0.124. The molecule has 0 aliphatic heterocycles. The van der Waals surface area contributed by atoms with E-state index in [1.54, 1.807) is 4.90 Å². The average Bonchev–Trinajstić information content (AvgIpc) is 2.29. The Hall–Kier alpha value is -1.47. The smallest absolute Gasteiger partial charge is 0.268 e. The van der Waals surface area contributed by atoms with E-state index in [4.69, 9.17) is 5.26 Å². The van der Waals surface area contributed by atoms with Gasteiger partial charge in [0.1, 0.15) is 0 Å². The van der Waals surface area contributed by atoms with Crippen LogP contribution in [0.4, 0.5) is 10.5 Å². The van der Waals surface area contributed by atoms with Crippen molar-refractivity contribution in [3.8, 4) is 6.07 Å². The summed E-state index contributed by atoms with van der Waals surface area (Å²) in [5.74, 6) is 0. The van der Waals surface area contributed by atoms with E-state index in [9.17, 15) is 4.79 Å². The van der Waals surface area contributed by atoms with Gasteiger partial charge in [0, 0.05) is 12.2 Å². The van der Waals surface area contributed by atoms with Gasteiger partial charge in [-0.25, -0.2) is 0 Å². The van der Waals surface area contributed by atoms with E-state index in [1.807, 2.05) is 49.1 Å². The molecule has 92 valence electrons. The Labute approximate surface area is 104 Å². The fourth-order valence-corrected chi connectivity index (χ4v) is 2.28. The Bertz CT molecular complexity index is 417. The summed E-state index contributed by atoms with van der Waals surface area (Å²) < 4.78 is 0. The van der Waals surface area contributed by atoms with Gasteiger partial charge >= 0.3 is 0 Å². The van der Waals surface area contributed by atoms with Crippen LogP contribution in [-0.2, 0) is 0 Å². The van der Waals surface area contributed by atoms with Crippen LogP contribution in [0.25, 0.3) is 0 Å². The first-order valence-electron chi connectivity index (χ1n) is 5.38. The van der Waals surface area contributed by atoms with Crippen molar-refractivity contribution in [3.05, 3.63) is 30.3 Å². The molecule has 3 nitrogen and oxygen atoms in total. The number of benzene rings is 1. The molecule has 0 radical (unpaired) electrons. The SMILES string of the molecule is CS(C)(C)C(=O)N(CCC#N)c1ccccc1. The van der Waals surface area contributed by atoms with Crippen molar-refractivity contribution in [1.82, 2.24) is 0 Å². The lowest BCUT2D eigenvalue weighted by atomic mass is 10.3. The van der Waals surface area contributed by atoms with E-state index in [1.165, 1.54) is 0 Å². The monoisotopic (exact) mass is 250 g/mol. The Morgan fingerprint density at radius 3 is 2.35 bits per heavy atom. The fourth-order valence-electron chi connectivity index (χ4n) is 1.43. The summed E-state index contributed by atoms with van der Waals surface area (Å²) in [6.45, 7) is 0.462. The van der Waals surface area contributed by atoms with Gasteiger partial charge in [-0.1, -0.05) is 18.2 Å². The standard InChI is InChI=1S/C13H18N2OS/c1-17(2,3)13(16)15(11-7-10-14)12-8-5-4-6-9-12/h4-6,8-9H,7,11H2,1-3H3. The molecule has 1 aromatic rings. The first-order valence-corrected chi connectivity index (χ1v) is 8.24. The van der Waals surface area contributed by atoms with Gasteiger partial charge in [-0.15, -0.1) is 0 Å². The highest BCUT2D eigenvalue weighted by atomic mass is 32.3. The molecule has 0 aromatic heterocycles. The van der Waals surface area contributed by atoms with Crippen molar-refractivity contribution in [1.29, 1.82) is 5.26 Å². The second-order valence-corrected chi connectivity index (χ2v) is 8.52. The van der Waals surface area contributed by atoms with Gasteiger partial charge in [0.15, 0.2) is 0 Å². The minimum atomic E-state index is -1.30. The largest absolute Gasteiger partial charge is 0.304 e. The van der Waals surface area contributed by atoms with Crippen LogP contribution < -0.4 is 4.90 Å². The van der Waals surface area contributed by atoms with Crippen molar-refractivity contribution >= 4 is 21.0 Å². The van der Waals surface area contributed by atoms with Crippen LogP contribution in [0.3, 0.4) is 0 Å². The molecule has 1 aromatic carbocycles. The average molecular weight is 250 g/mol. The number of amides is 1. The molecule has 0 atom stereocenters. The zero-order valence-corrected chi connectivity index (χ0v) is 11.3. The molecule has 0 spiro atoms. The van der Waals surface area contributed by atoms with Crippen LogP contribution in [0.5, 0.6) is 0 Å². The van der Waals surface area contributed by atoms with E-state index in [0.717, 1.165) is 5.69 Å². The molecule has 1 rings (SSSR count). The zero-order valence-electron chi connectivity index (χ0n) is 10.5. The number of anilines is 1. The van der Waals surface area contributed by atoms with Gasteiger partial charge in [0.2, 0.25) is 0 Å². The number of carbonyl (C=O) groups is 1. The number of nitrogens with zero attached hydrogens (tertiary/aromatic N) is 2. The summed E-state index contributed by atoms with van der Waals surface area (Å²) in [4.78, 5) is 14.0. The normalized spacial score (nSPS) is 11.6. The van der Waals surface area contributed by atoms with Crippen molar-refractivity contribution in [2.45, 2.75) is 6.42 Å². The highest BCUT2D eigenvalue weighted by Crippen LogP contribution is 2.39. The quantitative estimate of drug-likeness (QED) is 0.826. The van der Waals surface area contributed by atoms with Crippen molar-refractivity contribution < 1.29 is 4.79 Å². The summed E-state index contributed by atoms with van der Waals surface area (Å²) in [5, 5.41) is 8.79. The van der Waals surface area contributed by atoms with Gasteiger partial charge in [-0.05, 0) is 30.9 Å². The zero-order chi connectivity index (χ0) is 12.9. The summed E-state index contributed by atoms with van der Waals surface area (Å²) in [5.41, 5.74) is 0.871. The van der Waals surface area contributed by atoms with Crippen LogP contribution in [0.2, 0.25) is 0 Å². The molecule has 4 heteroatoms.